The fraction of sp³-hybridized carbons (Fsp3) is 0.0476. The van der Waals surface area contributed by atoms with Crippen molar-refractivity contribution < 1.29 is 19.1 Å². The van der Waals surface area contributed by atoms with E-state index in [0.717, 1.165) is 5.56 Å². The van der Waals surface area contributed by atoms with Crippen LogP contribution in [0, 0.1) is 38.5 Å². The van der Waals surface area contributed by atoms with Crippen LogP contribution in [0.25, 0.3) is 17.4 Å². The molecule has 1 amide bonds. The molecule has 0 aliphatic rings. The number of nitrogens with zero attached hydrogens (tertiary/aromatic N) is 3. The van der Waals surface area contributed by atoms with Crippen LogP contribution in [0.1, 0.15) is 11.3 Å². The third kappa shape index (κ3) is 4.80. The number of non-ortho nitro benzene ring substituents is 1. The van der Waals surface area contributed by atoms with E-state index in [-0.39, 0.29) is 39.7 Å². The molecule has 31 heavy (non-hydrogen) atoms. The number of carbonyl (C=O) groups excluding carboxylic acids is 1. The molecule has 1 heterocycles. The van der Waals surface area contributed by atoms with Crippen LogP contribution in [0.4, 0.5) is 17.1 Å². The minimum atomic E-state index is -0.740. The molecule has 0 aliphatic carbocycles. The molecule has 2 aromatic carbocycles. The Kier molecular flexibility index (Phi) is 5.88. The molecule has 154 valence electrons. The third-order valence-corrected chi connectivity index (χ3v) is 4.23. The fourth-order valence-corrected chi connectivity index (χ4v) is 2.73. The maximum atomic E-state index is 12.4. The Labute approximate surface area is 175 Å². The summed E-state index contributed by atoms with van der Waals surface area (Å²) >= 11 is 0. The molecule has 0 fully saturated rings. The fourth-order valence-electron chi connectivity index (χ4n) is 2.73. The Morgan fingerprint density at radius 2 is 1.77 bits per heavy atom. The van der Waals surface area contributed by atoms with E-state index < -0.39 is 15.8 Å². The lowest BCUT2D eigenvalue weighted by Gasteiger charge is -2.03. The van der Waals surface area contributed by atoms with Crippen LogP contribution in [-0.4, -0.2) is 15.8 Å². The molecule has 3 rings (SSSR count). The molecule has 1 N–H and O–H groups in total. The number of nitro groups is 2. The van der Waals surface area contributed by atoms with E-state index in [1.165, 1.54) is 48.5 Å². The molecule has 0 saturated carbocycles. The number of nitriles is 1. The number of hydrogen-bond donors (Lipinski definition) is 1. The second kappa shape index (κ2) is 8.71. The number of rotatable bonds is 6. The van der Waals surface area contributed by atoms with Crippen LogP contribution < -0.4 is 5.32 Å². The van der Waals surface area contributed by atoms with Gasteiger partial charge in [0.15, 0.2) is 0 Å². The van der Waals surface area contributed by atoms with Gasteiger partial charge < -0.3 is 9.73 Å². The first-order valence-corrected chi connectivity index (χ1v) is 8.81. The van der Waals surface area contributed by atoms with E-state index in [2.05, 4.69) is 5.32 Å². The Balaban J connectivity index is 1.83. The van der Waals surface area contributed by atoms with Gasteiger partial charge in [-0.25, -0.2) is 0 Å². The van der Waals surface area contributed by atoms with Gasteiger partial charge in [0.2, 0.25) is 0 Å². The molecule has 1 aromatic heterocycles. The van der Waals surface area contributed by atoms with Crippen molar-refractivity contribution in [3.8, 4) is 17.4 Å². The molecule has 0 saturated heterocycles. The number of furan rings is 1. The molecule has 10 heteroatoms. The first-order chi connectivity index (χ1) is 14.8. The highest BCUT2D eigenvalue weighted by Crippen LogP contribution is 2.32. The van der Waals surface area contributed by atoms with E-state index in [1.807, 2.05) is 0 Å². The molecule has 0 spiro atoms. The molecule has 0 radical (unpaired) electrons. The zero-order chi connectivity index (χ0) is 22.5. The highest BCUT2D eigenvalue weighted by atomic mass is 16.6. The zero-order valence-electron chi connectivity index (χ0n) is 16.1. The standard InChI is InChI=1S/C21H14N4O6/c1-13-2-8-18(19(10-13)25(29)30)20-9-7-17(31-20)11-14(12-22)21(26)23-15-3-5-16(6-4-15)24(27)28/h2-11H,1H3,(H,23,26)/b14-11+. The van der Waals surface area contributed by atoms with Crippen molar-refractivity contribution in [3.05, 3.63) is 91.7 Å². The average molecular weight is 418 g/mol. The highest BCUT2D eigenvalue weighted by molar-refractivity contribution is 6.09. The predicted octanol–water partition coefficient (Wildman–Crippen LogP) is 4.62. The summed E-state index contributed by atoms with van der Waals surface area (Å²) in [6.07, 6.45) is 1.20. The van der Waals surface area contributed by atoms with Crippen molar-refractivity contribution in [1.82, 2.24) is 0 Å². The van der Waals surface area contributed by atoms with Crippen molar-refractivity contribution in [1.29, 1.82) is 5.26 Å². The third-order valence-electron chi connectivity index (χ3n) is 4.23. The van der Waals surface area contributed by atoms with Gasteiger partial charge in [-0.05, 0) is 42.8 Å². The van der Waals surface area contributed by atoms with Gasteiger partial charge in [-0.3, -0.25) is 25.0 Å². The van der Waals surface area contributed by atoms with Crippen molar-refractivity contribution in [2.45, 2.75) is 6.92 Å². The molecular formula is C21H14N4O6. The van der Waals surface area contributed by atoms with Crippen LogP contribution in [0.3, 0.4) is 0 Å². The van der Waals surface area contributed by atoms with E-state index in [1.54, 1.807) is 25.1 Å². The number of carbonyl (C=O) groups is 1. The Morgan fingerprint density at radius 1 is 1.06 bits per heavy atom. The Hall–Kier alpha value is -4.78. The monoisotopic (exact) mass is 418 g/mol. The number of benzene rings is 2. The number of nitro benzene ring substituents is 2. The zero-order valence-corrected chi connectivity index (χ0v) is 16.1. The Morgan fingerprint density at radius 3 is 2.39 bits per heavy atom. The van der Waals surface area contributed by atoms with Crippen LogP contribution in [-0.2, 0) is 4.79 Å². The van der Waals surface area contributed by atoms with Crippen LogP contribution in [0.5, 0.6) is 0 Å². The summed E-state index contributed by atoms with van der Waals surface area (Å²) in [4.78, 5) is 33.3. The molecule has 0 bridgehead atoms. The number of anilines is 1. The van der Waals surface area contributed by atoms with Crippen molar-refractivity contribution in [2.75, 3.05) is 5.32 Å². The van der Waals surface area contributed by atoms with E-state index >= 15 is 0 Å². The van der Waals surface area contributed by atoms with Gasteiger partial charge in [0.1, 0.15) is 23.2 Å². The second-order valence-corrected chi connectivity index (χ2v) is 6.41. The van der Waals surface area contributed by atoms with Crippen molar-refractivity contribution in [2.24, 2.45) is 0 Å². The number of hydrogen-bond acceptors (Lipinski definition) is 7. The smallest absolute Gasteiger partial charge is 0.280 e. The van der Waals surface area contributed by atoms with Crippen molar-refractivity contribution >= 4 is 29.0 Å². The average Bonchev–Trinajstić information content (AvgIpc) is 3.20. The van der Waals surface area contributed by atoms with Crippen LogP contribution in [0.15, 0.2) is 64.6 Å². The van der Waals surface area contributed by atoms with E-state index in [4.69, 9.17) is 4.42 Å². The molecular weight excluding hydrogens is 404 g/mol. The van der Waals surface area contributed by atoms with Gasteiger partial charge in [-0.2, -0.15) is 5.26 Å². The van der Waals surface area contributed by atoms with Gasteiger partial charge in [-0.1, -0.05) is 6.07 Å². The summed E-state index contributed by atoms with van der Waals surface area (Å²) in [6.45, 7) is 1.73. The molecule has 3 aromatic rings. The van der Waals surface area contributed by atoms with Gasteiger partial charge in [-0.15, -0.1) is 0 Å². The molecule has 0 atom stereocenters. The first-order valence-electron chi connectivity index (χ1n) is 8.81. The minimum absolute atomic E-state index is 0.124. The Bertz CT molecular complexity index is 1250. The lowest BCUT2D eigenvalue weighted by atomic mass is 10.1. The normalized spacial score (nSPS) is 10.9. The molecule has 0 unspecified atom stereocenters. The summed E-state index contributed by atoms with van der Waals surface area (Å²) in [6, 6.07) is 14.6. The quantitative estimate of drug-likeness (QED) is 0.265. The maximum Gasteiger partial charge on any atom is 0.280 e. The van der Waals surface area contributed by atoms with Crippen LogP contribution >= 0.6 is 0 Å². The highest BCUT2D eigenvalue weighted by Gasteiger charge is 2.19. The first kappa shape index (κ1) is 20.9. The van der Waals surface area contributed by atoms with E-state index in [0.29, 0.717) is 0 Å². The van der Waals surface area contributed by atoms with Crippen molar-refractivity contribution in [3.63, 3.8) is 0 Å². The number of nitrogens with one attached hydrogen (secondary N) is 1. The summed E-state index contributed by atoms with van der Waals surface area (Å²) in [5, 5.41) is 33.8. The topological polar surface area (TPSA) is 152 Å². The summed E-state index contributed by atoms with van der Waals surface area (Å²) in [5.74, 6) is -0.373. The van der Waals surface area contributed by atoms with E-state index in [9.17, 15) is 30.3 Å². The lowest BCUT2D eigenvalue weighted by molar-refractivity contribution is -0.384. The number of aryl methyl sites for hydroxylation is 1. The largest absolute Gasteiger partial charge is 0.456 e. The summed E-state index contributed by atoms with van der Waals surface area (Å²) in [5.41, 5.74) is 0.717. The minimum Gasteiger partial charge on any atom is -0.456 e. The van der Waals surface area contributed by atoms with Gasteiger partial charge in [0.05, 0.1) is 15.4 Å². The maximum absolute atomic E-state index is 12.4. The lowest BCUT2D eigenvalue weighted by Crippen LogP contribution is -2.13. The van der Waals surface area contributed by atoms with Gasteiger partial charge in [0.25, 0.3) is 17.3 Å². The summed E-state index contributed by atoms with van der Waals surface area (Å²) < 4.78 is 5.59. The molecule has 10 nitrogen and oxygen atoms in total. The van der Waals surface area contributed by atoms with Gasteiger partial charge >= 0.3 is 0 Å². The second-order valence-electron chi connectivity index (χ2n) is 6.41. The van der Waals surface area contributed by atoms with Crippen LogP contribution in [0.2, 0.25) is 0 Å². The summed E-state index contributed by atoms with van der Waals surface area (Å²) in [7, 11) is 0. The predicted molar refractivity (Wildman–Crippen MR) is 111 cm³/mol. The number of amides is 1. The SMILES string of the molecule is Cc1ccc(-c2ccc(/C=C(\C#N)C(=O)Nc3ccc([N+](=O)[O-])cc3)o2)c([N+](=O)[O-])c1. The van der Waals surface area contributed by atoms with Gasteiger partial charge in [0, 0.05) is 30.0 Å². The molecule has 0 aliphatic heterocycles.